The van der Waals surface area contributed by atoms with Gasteiger partial charge in [0.15, 0.2) is 16.9 Å². The van der Waals surface area contributed by atoms with E-state index in [1.807, 2.05) is 90.8 Å². The van der Waals surface area contributed by atoms with Crippen LogP contribution in [0.3, 0.4) is 0 Å². The Bertz CT molecular complexity index is 4350. The van der Waals surface area contributed by atoms with Crippen molar-refractivity contribution in [1.29, 1.82) is 0 Å². The van der Waals surface area contributed by atoms with Crippen LogP contribution in [0.1, 0.15) is 192 Å². The quantitative estimate of drug-likeness (QED) is 0.130. The maximum Gasteiger partial charge on any atom is 0.258 e. The molecular weight excluding hydrogens is 1210 g/mol. The average Bonchev–Trinajstić information content (AvgIpc) is 1.63. The minimum absolute atomic E-state index is 0.0292. The van der Waals surface area contributed by atoms with Gasteiger partial charge >= 0.3 is 0 Å². The highest BCUT2D eigenvalue weighted by atomic mass is 16.5. The smallest absolute Gasteiger partial charge is 0.258 e. The van der Waals surface area contributed by atoms with Gasteiger partial charge in [0.25, 0.3) is 17.7 Å². The third kappa shape index (κ3) is 13.6. The predicted octanol–water partition coefficient (Wildman–Crippen LogP) is 12.8. The Balaban J connectivity index is 0.000000130. The Morgan fingerprint density at radius 1 is 0.438 bits per heavy atom. The first-order valence-corrected chi connectivity index (χ1v) is 34.9. The molecule has 0 unspecified atom stereocenters. The summed E-state index contributed by atoms with van der Waals surface area (Å²) in [5.74, 6) is 5.93. The van der Waals surface area contributed by atoms with Gasteiger partial charge in [0.1, 0.15) is 34.7 Å². The molecule has 2 N–H and O–H groups in total. The van der Waals surface area contributed by atoms with Crippen LogP contribution in [-0.4, -0.2) is 152 Å². The van der Waals surface area contributed by atoms with Crippen molar-refractivity contribution in [3.63, 3.8) is 0 Å². The first kappa shape index (κ1) is 65.4. The Labute approximate surface area is 562 Å². The number of phenolic OH excluding ortho intramolecular Hbond substituents is 2. The second-order valence-corrected chi connectivity index (χ2v) is 28.2. The van der Waals surface area contributed by atoms with Gasteiger partial charge in [-0.3, -0.25) is 14.4 Å². The molecular formula is C75H93N15O6. The number of hydrogen-bond acceptors (Lipinski definition) is 15. The molecule has 6 atom stereocenters. The van der Waals surface area contributed by atoms with Crippen molar-refractivity contribution in [2.45, 2.75) is 151 Å². The van der Waals surface area contributed by atoms with Crippen LogP contribution in [0.4, 0.5) is 17.5 Å². The molecule has 0 aliphatic carbocycles. The Morgan fingerprint density at radius 2 is 0.854 bits per heavy atom. The van der Waals surface area contributed by atoms with Gasteiger partial charge < -0.3 is 44.3 Å². The van der Waals surface area contributed by atoms with E-state index in [2.05, 4.69) is 74.7 Å². The zero-order chi connectivity index (χ0) is 67.1. The molecule has 15 rings (SSSR count). The topological polar surface area (TPSA) is 211 Å². The number of aromatic nitrogens is 9. The van der Waals surface area contributed by atoms with Gasteiger partial charge in [-0.15, -0.1) is 0 Å². The van der Waals surface area contributed by atoms with Crippen molar-refractivity contribution < 1.29 is 29.3 Å². The van der Waals surface area contributed by atoms with E-state index in [0.29, 0.717) is 53.3 Å². The third-order valence-electron chi connectivity index (χ3n) is 20.5. The van der Waals surface area contributed by atoms with E-state index in [4.69, 9.17) is 35.0 Å². The van der Waals surface area contributed by atoms with Gasteiger partial charge in [-0.25, -0.2) is 28.5 Å². The molecule has 6 saturated heterocycles. The lowest BCUT2D eigenvalue weighted by Crippen LogP contribution is -2.38. The molecule has 0 saturated carbocycles. The van der Waals surface area contributed by atoms with Crippen molar-refractivity contribution in [1.82, 2.24) is 58.5 Å². The molecule has 6 aliphatic heterocycles. The molecule has 96 heavy (non-hydrogen) atoms. The molecule has 504 valence electrons. The summed E-state index contributed by atoms with van der Waals surface area (Å²) in [5.41, 5.74) is 11.7. The summed E-state index contributed by atoms with van der Waals surface area (Å²) in [6.07, 6.45) is 18.6. The van der Waals surface area contributed by atoms with E-state index >= 15 is 0 Å². The SMILES string of the molecule is COc1cccc(C(=O)N2CCCC[C@H]2c2cc3nc(N4CC[C@H](C)C4)c(C)cn3n2)c1.Cc1ccc(C(=O)N2CCCC[C@H]2c2cc3nc(N4CC[C@H](C)C4)c(C)cn3n2)c(O)c1.Cc1ccc(C(=O)N2CCCC[C@H]2c2cc3nc(N4CC[C@H](C)C4)c(C)cn3n2)cc1O. The zero-order valence-electron chi connectivity index (χ0n) is 57.3. The maximum absolute atomic E-state index is 13.4. The van der Waals surface area contributed by atoms with E-state index in [-0.39, 0.29) is 47.3 Å². The van der Waals surface area contributed by atoms with Crippen LogP contribution in [0.5, 0.6) is 17.2 Å². The number of carbonyl (C=O) groups is 3. The minimum atomic E-state index is -0.139. The van der Waals surface area contributed by atoms with Crippen LogP contribution in [0.25, 0.3) is 16.9 Å². The van der Waals surface area contributed by atoms with Crippen LogP contribution in [0.15, 0.2) is 97.5 Å². The highest BCUT2D eigenvalue weighted by Gasteiger charge is 2.36. The van der Waals surface area contributed by atoms with E-state index in [0.717, 1.165) is 183 Å². The number of rotatable bonds is 10. The van der Waals surface area contributed by atoms with Gasteiger partial charge in [-0.2, -0.15) is 15.3 Å². The van der Waals surface area contributed by atoms with E-state index in [1.165, 1.54) is 19.3 Å². The zero-order valence-corrected chi connectivity index (χ0v) is 57.3. The molecule has 12 heterocycles. The monoisotopic (exact) mass is 1300 g/mol. The third-order valence-corrected chi connectivity index (χ3v) is 20.5. The first-order chi connectivity index (χ1) is 46.3. The van der Waals surface area contributed by atoms with Gasteiger partial charge in [0, 0.05) is 124 Å². The number of ether oxygens (including phenoxy) is 1. The summed E-state index contributed by atoms with van der Waals surface area (Å²) < 4.78 is 10.9. The normalized spacial score (nSPS) is 21.4. The van der Waals surface area contributed by atoms with Crippen molar-refractivity contribution in [3.8, 4) is 17.2 Å². The molecule has 3 amide bonds. The van der Waals surface area contributed by atoms with Crippen molar-refractivity contribution in [2.75, 3.05) is 80.7 Å². The number of amides is 3. The molecule has 6 aliphatic rings. The van der Waals surface area contributed by atoms with Crippen molar-refractivity contribution in [2.24, 2.45) is 17.8 Å². The molecule has 21 heteroatoms. The number of aryl methyl sites for hydroxylation is 5. The number of fused-ring (bicyclic) bond motifs is 3. The Morgan fingerprint density at radius 3 is 1.24 bits per heavy atom. The van der Waals surface area contributed by atoms with E-state index < -0.39 is 0 Å². The van der Waals surface area contributed by atoms with Gasteiger partial charge in [0.2, 0.25) is 0 Å². The van der Waals surface area contributed by atoms with Crippen molar-refractivity contribution in [3.05, 3.63) is 159 Å². The summed E-state index contributed by atoms with van der Waals surface area (Å²) >= 11 is 0. The molecule has 6 fully saturated rings. The summed E-state index contributed by atoms with van der Waals surface area (Å²) in [5, 5.41) is 35.0. The lowest BCUT2D eigenvalue weighted by Gasteiger charge is -2.35. The van der Waals surface area contributed by atoms with Crippen LogP contribution in [0, 0.1) is 52.4 Å². The molecule has 9 aromatic rings. The largest absolute Gasteiger partial charge is 0.508 e. The highest BCUT2D eigenvalue weighted by Crippen LogP contribution is 2.38. The second kappa shape index (κ2) is 27.8. The molecule has 0 bridgehead atoms. The standard InChI is InChI=1S/3C25H31N5O2/c1-17-10-12-28(15-17)24-18(2)16-30-23(26-24)14-21(27-30)22-9-4-5-11-29(22)25(31)19-7-6-8-20(13-19)32-3;1-16-9-11-28(14-16)24-18(3)15-30-23(26-24)13-20(27-30)21-6-4-5-10-29(21)25(32)19-8-7-17(2)22(31)12-19;1-16-7-8-19(22(31)12-16)25(32)29-10-5-4-6-21(29)20-13-23-26-24(18(3)15-30(23)27-20)28-11-9-17(2)14-28/h6-8,13-14,16-17,22H,4-5,9-12,15H2,1-3H3;7-8,12-13,15-16,21,31H,4-6,9-11,14H2,1-3H3;7-8,12-13,15,17,21,31H,4-6,9-11,14H2,1-3H3/t17-,22-;16-,21-;17-,21-/m000/s1. The summed E-state index contributed by atoms with van der Waals surface area (Å²) in [6.45, 7) is 25.2. The summed E-state index contributed by atoms with van der Waals surface area (Å²) in [4.78, 5) is 67.8. The lowest BCUT2D eigenvalue weighted by molar-refractivity contribution is 0.0596. The molecule has 3 aromatic carbocycles. The number of aromatic hydroxyl groups is 2. The summed E-state index contributed by atoms with van der Waals surface area (Å²) in [6, 6.07) is 23.6. The fourth-order valence-electron chi connectivity index (χ4n) is 15.1. The number of likely N-dealkylation sites (tertiary alicyclic amines) is 3. The molecule has 0 spiro atoms. The van der Waals surface area contributed by atoms with Crippen molar-refractivity contribution >= 4 is 52.1 Å². The molecule has 0 radical (unpaired) electrons. The predicted molar refractivity (Wildman–Crippen MR) is 373 cm³/mol. The molecule has 6 aromatic heterocycles. The number of phenols is 2. The van der Waals surface area contributed by atoms with Gasteiger partial charge in [-0.1, -0.05) is 39.0 Å². The summed E-state index contributed by atoms with van der Waals surface area (Å²) in [7, 11) is 1.62. The Hall–Kier alpha value is -9.27. The number of methoxy groups -OCH3 is 1. The van der Waals surface area contributed by atoms with Crippen LogP contribution in [-0.2, 0) is 0 Å². The number of benzene rings is 3. The van der Waals surface area contributed by atoms with E-state index in [1.54, 1.807) is 37.4 Å². The van der Waals surface area contributed by atoms with E-state index in [9.17, 15) is 24.6 Å². The van der Waals surface area contributed by atoms with Gasteiger partial charge in [-0.05, 0) is 183 Å². The second-order valence-electron chi connectivity index (χ2n) is 28.2. The first-order valence-electron chi connectivity index (χ1n) is 34.9. The Kier molecular flexibility index (Phi) is 19.0. The fraction of sp³-hybridized carbons (Fsp3) is 0.480. The fourth-order valence-corrected chi connectivity index (χ4v) is 15.1. The highest BCUT2D eigenvalue weighted by molar-refractivity contribution is 5.97. The van der Waals surface area contributed by atoms with Crippen LogP contribution in [0.2, 0.25) is 0 Å². The number of hydrogen-bond donors (Lipinski definition) is 2. The number of carbonyl (C=O) groups excluding carboxylic acids is 3. The molecule has 21 nitrogen and oxygen atoms in total. The lowest BCUT2D eigenvalue weighted by atomic mass is 9.98. The van der Waals surface area contributed by atoms with Crippen LogP contribution < -0.4 is 19.4 Å². The average molecular weight is 1300 g/mol. The number of nitrogens with zero attached hydrogens (tertiary/aromatic N) is 15. The maximum atomic E-state index is 13.4. The minimum Gasteiger partial charge on any atom is -0.508 e. The number of anilines is 3. The number of piperidine rings is 3. The van der Waals surface area contributed by atoms with Crippen LogP contribution >= 0.6 is 0 Å². The van der Waals surface area contributed by atoms with Gasteiger partial charge in [0.05, 0.1) is 47.9 Å².